The predicted octanol–water partition coefficient (Wildman–Crippen LogP) is 2.74. The average molecular weight is 378 g/mol. The Labute approximate surface area is 151 Å². The summed E-state index contributed by atoms with van der Waals surface area (Å²) in [6, 6.07) is 9.95. The van der Waals surface area contributed by atoms with E-state index < -0.39 is 21.7 Å². The van der Waals surface area contributed by atoms with E-state index in [1.54, 1.807) is 6.07 Å². The van der Waals surface area contributed by atoms with Crippen LogP contribution in [0.15, 0.2) is 53.4 Å². The Bertz CT molecular complexity index is 940. The van der Waals surface area contributed by atoms with Crippen molar-refractivity contribution in [3.63, 3.8) is 0 Å². The van der Waals surface area contributed by atoms with Gasteiger partial charge in [-0.3, -0.25) is 4.79 Å². The number of hydrogen-bond donors (Lipinski definition) is 1. The standard InChI is InChI=1S/C18H19FN2O4S/c1-21(2)26(23,24)15-8-9-17(25-3)16(12-15)20-18(22)10-7-13-5-4-6-14(19)11-13/h4-12H,1-3H3,(H,20,22)/b10-7+. The molecule has 0 unspecified atom stereocenters. The molecule has 0 fully saturated rings. The molecule has 138 valence electrons. The number of nitrogens with zero attached hydrogens (tertiary/aromatic N) is 1. The summed E-state index contributed by atoms with van der Waals surface area (Å²) in [5.74, 6) is -0.599. The Kier molecular flexibility index (Phi) is 6.12. The summed E-state index contributed by atoms with van der Waals surface area (Å²) < 4.78 is 43.8. The fourth-order valence-electron chi connectivity index (χ4n) is 2.11. The van der Waals surface area contributed by atoms with Crippen LogP contribution in [0, 0.1) is 5.82 Å². The molecule has 0 aliphatic rings. The summed E-state index contributed by atoms with van der Waals surface area (Å²) in [4.78, 5) is 12.1. The Morgan fingerprint density at radius 3 is 2.54 bits per heavy atom. The van der Waals surface area contributed by atoms with Crippen molar-refractivity contribution < 1.29 is 22.3 Å². The molecular weight excluding hydrogens is 359 g/mol. The van der Waals surface area contributed by atoms with Crippen molar-refractivity contribution in [2.75, 3.05) is 26.5 Å². The van der Waals surface area contributed by atoms with Crippen LogP contribution in [0.5, 0.6) is 5.75 Å². The molecule has 26 heavy (non-hydrogen) atoms. The lowest BCUT2D eigenvalue weighted by Crippen LogP contribution is -2.22. The topological polar surface area (TPSA) is 75.7 Å². The third kappa shape index (κ3) is 4.68. The highest BCUT2D eigenvalue weighted by atomic mass is 32.2. The number of hydrogen-bond acceptors (Lipinski definition) is 4. The number of rotatable bonds is 6. The zero-order chi connectivity index (χ0) is 19.3. The van der Waals surface area contributed by atoms with E-state index in [0.29, 0.717) is 11.3 Å². The minimum atomic E-state index is -3.65. The number of nitrogens with one attached hydrogen (secondary N) is 1. The third-order valence-corrected chi connectivity index (χ3v) is 5.29. The first-order valence-electron chi connectivity index (χ1n) is 7.59. The summed E-state index contributed by atoms with van der Waals surface area (Å²) in [5.41, 5.74) is 0.736. The zero-order valence-corrected chi connectivity index (χ0v) is 15.4. The molecule has 0 saturated heterocycles. The summed E-state index contributed by atoms with van der Waals surface area (Å²) in [5, 5.41) is 2.57. The highest BCUT2D eigenvalue weighted by molar-refractivity contribution is 7.89. The van der Waals surface area contributed by atoms with Gasteiger partial charge in [-0.05, 0) is 42.0 Å². The quantitative estimate of drug-likeness (QED) is 0.785. The number of anilines is 1. The summed E-state index contributed by atoms with van der Waals surface area (Å²) in [7, 11) is 0.589. The van der Waals surface area contributed by atoms with Crippen molar-refractivity contribution in [1.82, 2.24) is 4.31 Å². The largest absolute Gasteiger partial charge is 0.495 e. The van der Waals surface area contributed by atoms with Crippen LogP contribution in [0.2, 0.25) is 0 Å². The van der Waals surface area contributed by atoms with E-state index in [9.17, 15) is 17.6 Å². The number of halogens is 1. The van der Waals surface area contributed by atoms with Gasteiger partial charge >= 0.3 is 0 Å². The van der Waals surface area contributed by atoms with Crippen LogP contribution >= 0.6 is 0 Å². The van der Waals surface area contributed by atoms with E-state index in [1.807, 2.05) is 0 Å². The molecule has 0 atom stereocenters. The smallest absolute Gasteiger partial charge is 0.248 e. The van der Waals surface area contributed by atoms with Gasteiger partial charge in [0.15, 0.2) is 0 Å². The Morgan fingerprint density at radius 2 is 1.92 bits per heavy atom. The van der Waals surface area contributed by atoms with Gasteiger partial charge in [-0.2, -0.15) is 0 Å². The minimum absolute atomic E-state index is 0.0210. The molecule has 8 heteroatoms. The molecular formula is C18H19FN2O4S. The first-order chi connectivity index (χ1) is 12.2. The van der Waals surface area contributed by atoms with E-state index >= 15 is 0 Å². The number of ether oxygens (including phenoxy) is 1. The SMILES string of the molecule is COc1ccc(S(=O)(=O)N(C)C)cc1NC(=O)/C=C/c1cccc(F)c1. The average Bonchev–Trinajstić information content (AvgIpc) is 2.60. The maximum absolute atomic E-state index is 13.1. The van der Waals surface area contributed by atoms with E-state index in [0.717, 1.165) is 4.31 Å². The highest BCUT2D eigenvalue weighted by Crippen LogP contribution is 2.28. The zero-order valence-electron chi connectivity index (χ0n) is 14.6. The van der Waals surface area contributed by atoms with Gasteiger partial charge in [-0.25, -0.2) is 17.1 Å². The summed E-state index contributed by atoms with van der Waals surface area (Å²) in [6.45, 7) is 0. The molecule has 0 aliphatic heterocycles. The Hall–Kier alpha value is -2.71. The third-order valence-electron chi connectivity index (χ3n) is 3.48. The summed E-state index contributed by atoms with van der Waals surface area (Å²) >= 11 is 0. The summed E-state index contributed by atoms with van der Waals surface area (Å²) in [6.07, 6.45) is 2.67. The van der Waals surface area contributed by atoms with Gasteiger partial charge < -0.3 is 10.1 Å². The Balaban J connectivity index is 2.26. The fourth-order valence-corrected chi connectivity index (χ4v) is 3.04. The molecule has 0 aromatic heterocycles. The highest BCUT2D eigenvalue weighted by Gasteiger charge is 2.19. The molecule has 2 aromatic rings. The lowest BCUT2D eigenvalue weighted by atomic mass is 10.2. The minimum Gasteiger partial charge on any atom is -0.495 e. The molecule has 0 heterocycles. The van der Waals surface area contributed by atoms with Crippen LogP contribution < -0.4 is 10.1 Å². The van der Waals surface area contributed by atoms with Gasteiger partial charge in [0, 0.05) is 20.2 Å². The second-order valence-corrected chi connectivity index (χ2v) is 7.68. The van der Waals surface area contributed by atoms with Gasteiger partial charge in [0.1, 0.15) is 11.6 Å². The van der Waals surface area contributed by atoms with Crippen LogP contribution in [-0.2, 0) is 14.8 Å². The van der Waals surface area contributed by atoms with Crippen molar-refractivity contribution in [1.29, 1.82) is 0 Å². The molecule has 1 N–H and O–H groups in total. The maximum atomic E-state index is 13.1. The van der Waals surface area contributed by atoms with Gasteiger partial charge in [-0.1, -0.05) is 12.1 Å². The van der Waals surface area contributed by atoms with Crippen LogP contribution in [0.1, 0.15) is 5.56 Å². The predicted molar refractivity (Wildman–Crippen MR) is 97.9 cm³/mol. The molecule has 2 aromatic carbocycles. The van der Waals surface area contributed by atoms with Crippen molar-refractivity contribution in [3.8, 4) is 5.75 Å². The van der Waals surface area contributed by atoms with E-state index in [4.69, 9.17) is 4.74 Å². The molecule has 6 nitrogen and oxygen atoms in total. The number of carbonyl (C=O) groups is 1. The van der Waals surface area contributed by atoms with E-state index in [2.05, 4.69) is 5.32 Å². The van der Waals surface area contributed by atoms with Crippen molar-refractivity contribution in [3.05, 3.63) is 59.9 Å². The van der Waals surface area contributed by atoms with Crippen LogP contribution in [0.4, 0.5) is 10.1 Å². The van der Waals surface area contributed by atoms with Gasteiger partial charge in [0.25, 0.3) is 0 Å². The normalized spacial score (nSPS) is 11.7. The monoisotopic (exact) mass is 378 g/mol. The number of sulfonamides is 1. The van der Waals surface area contributed by atoms with E-state index in [-0.39, 0.29) is 10.6 Å². The fraction of sp³-hybridized carbons (Fsp3) is 0.167. The van der Waals surface area contributed by atoms with Gasteiger partial charge in [-0.15, -0.1) is 0 Å². The maximum Gasteiger partial charge on any atom is 0.248 e. The second-order valence-electron chi connectivity index (χ2n) is 5.53. The van der Waals surface area contributed by atoms with E-state index in [1.165, 1.54) is 69.8 Å². The Morgan fingerprint density at radius 1 is 1.19 bits per heavy atom. The molecule has 0 aliphatic carbocycles. The molecule has 0 radical (unpaired) electrons. The van der Waals surface area contributed by atoms with Crippen LogP contribution in [0.3, 0.4) is 0 Å². The second kappa shape index (κ2) is 8.11. The number of methoxy groups -OCH3 is 1. The number of benzene rings is 2. The van der Waals surface area contributed by atoms with Crippen LogP contribution in [0.25, 0.3) is 6.08 Å². The molecule has 0 spiro atoms. The lowest BCUT2D eigenvalue weighted by Gasteiger charge is -2.14. The van der Waals surface area contributed by atoms with Crippen molar-refractivity contribution in [2.45, 2.75) is 4.90 Å². The van der Waals surface area contributed by atoms with Gasteiger partial charge in [0.2, 0.25) is 15.9 Å². The number of amides is 1. The van der Waals surface area contributed by atoms with Crippen molar-refractivity contribution >= 4 is 27.7 Å². The first kappa shape index (κ1) is 19.6. The van der Waals surface area contributed by atoms with Crippen LogP contribution in [-0.4, -0.2) is 39.8 Å². The number of carbonyl (C=O) groups excluding carboxylic acids is 1. The first-order valence-corrected chi connectivity index (χ1v) is 9.03. The molecule has 0 saturated carbocycles. The van der Waals surface area contributed by atoms with Gasteiger partial charge in [0.05, 0.1) is 17.7 Å². The lowest BCUT2D eigenvalue weighted by molar-refractivity contribution is -0.111. The molecule has 0 bridgehead atoms. The molecule has 1 amide bonds. The molecule has 2 rings (SSSR count). The van der Waals surface area contributed by atoms with Crippen molar-refractivity contribution in [2.24, 2.45) is 0 Å².